The predicted molar refractivity (Wildman–Crippen MR) is 112 cm³/mol. The number of aryl methyl sites for hydroxylation is 1. The van der Waals surface area contributed by atoms with Crippen LogP contribution in [0.2, 0.25) is 0 Å². The van der Waals surface area contributed by atoms with E-state index in [0.29, 0.717) is 31.5 Å². The highest BCUT2D eigenvalue weighted by Crippen LogP contribution is 2.23. The van der Waals surface area contributed by atoms with Crippen LogP contribution in [0.25, 0.3) is 0 Å². The molecular formula is C20H30ClN5O3. The van der Waals surface area contributed by atoms with Crippen molar-refractivity contribution in [2.45, 2.75) is 31.8 Å². The summed E-state index contributed by atoms with van der Waals surface area (Å²) in [5.74, 6) is 1.60. The first-order chi connectivity index (χ1) is 13.7. The standard InChI is InChI=1S/C20H29N5O3.ClH/c1-15-4-5-19(28-15)18(24-9-11-27-12-10-24)14-22-20(26)17-6-8-25(23-17)16-3-2-7-21-13-16;/h4-6,8,16,18,21H,2-3,7,9-14H2,1H3,(H,22,26);1H. The van der Waals surface area contributed by atoms with E-state index in [1.54, 1.807) is 6.07 Å². The number of hydrogen-bond donors (Lipinski definition) is 2. The normalized spacial score (nSPS) is 21.3. The quantitative estimate of drug-likeness (QED) is 0.738. The van der Waals surface area contributed by atoms with Gasteiger partial charge in [0.05, 0.1) is 25.3 Å². The van der Waals surface area contributed by atoms with E-state index in [9.17, 15) is 4.79 Å². The summed E-state index contributed by atoms with van der Waals surface area (Å²) >= 11 is 0. The number of carbonyl (C=O) groups excluding carboxylic acids is 1. The summed E-state index contributed by atoms with van der Waals surface area (Å²) in [6.45, 7) is 7.41. The molecule has 0 radical (unpaired) electrons. The van der Waals surface area contributed by atoms with Gasteiger partial charge in [0.2, 0.25) is 0 Å². The van der Waals surface area contributed by atoms with E-state index >= 15 is 0 Å². The summed E-state index contributed by atoms with van der Waals surface area (Å²) in [6, 6.07) is 6.07. The van der Waals surface area contributed by atoms with Crippen molar-refractivity contribution in [2.24, 2.45) is 0 Å². The molecule has 0 aliphatic carbocycles. The van der Waals surface area contributed by atoms with Crippen LogP contribution < -0.4 is 10.6 Å². The molecule has 2 unspecified atom stereocenters. The molecule has 29 heavy (non-hydrogen) atoms. The molecule has 0 bridgehead atoms. The number of amides is 1. The molecule has 0 saturated carbocycles. The Kier molecular flexibility index (Phi) is 7.71. The minimum Gasteiger partial charge on any atom is -0.465 e. The Balaban J connectivity index is 0.00000240. The van der Waals surface area contributed by atoms with Crippen LogP contribution in [0.4, 0.5) is 0 Å². The third-order valence-corrected chi connectivity index (χ3v) is 5.52. The van der Waals surface area contributed by atoms with Gasteiger partial charge < -0.3 is 19.8 Å². The zero-order valence-corrected chi connectivity index (χ0v) is 17.6. The van der Waals surface area contributed by atoms with Gasteiger partial charge in [0, 0.05) is 32.4 Å². The molecule has 1 amide bonds. The second kappa shape index (κ2) is 10.2. The van der Waals surface area contributed by atoms with Gasteiger partial charge in [-0.25, -0.2) is 0 Å². The molecule has 2 aromatic rings. The van der Waals surface area contributed by atoms with Crippen molar-refractivity contribution in [1.82, 2.24) is 25.3 Å². The maximum absolute atomic E-state index is 12.7. The highest BCUT2D eigenvalue weighted by atomic mass is 35.5. The third kappa shape index (κ3) is 5.39. The molecule has 0 aromatic carbocycles. The van der Waals surface area contributed by atoms with Gasteiger partial charge in [0.1, 0.15) is 17.2 Å². The zero-order chi connectivity index (χ0) is 19.3. The van der Waals surface area contributed by atoms with Crippen molar-refractivity contribution in [2.75, 3.05) is 45.9 Å². The molecule has 2 atom stereocenters. The fraction of sp³-hybridized carbons (Fsp3) is 0.600. The van der Waals surface area contributed by atoms with E-state index in [2.05, 4.69) is 20.6 Å². The monoisotopic (exact) mass is 423 g/mol. The molecule has 0 spiro atoms. The van der Waals surface area contributed by atoms with Crippen molar-refractivity contribution in [3.05, 3.63) is 41.6 Å². The molecule has 8 nitrogen and oxygen atoms in total. The molecule has 2 fully saturated rings. The maximum atomic E-state index is 12.7. The van der Waals surface area contributed by atoms with Crippen molar-refractivity contribution in [3.8, 4) is 0 Å². The molecule has 4 rings (SSSR count). The second-order valence-electron chi connectivity index (χ2n) is 7.50. The highest BCUT2D eigenvalue weighted by molar-refractivity contribution is 5.92. The van der Waals surface area contributed by atoms with Gasteiger partial charge in [-0.1, -0.05) is 0 Å². The Hall–Kier alpha value is -1.87. The number of aromatic nitrogens is 2. The SMILES string of the molecule is Cc1ccc(C(CNC(=O)c2ccn(C3CCCNC3)n2)N2CCOCC2)o1.Cl. The number of nitrogens with zero attached hydrogens (tertiary/aromatic N) is 3. The molecule has 2 N–H and O–H groups in total. The number of hydrogen-bond acceptors (Lipinski definition) is 6. The molecule has 2 aliphatic heterocycles. The summed E-state index contributed by atoms with van der Waals surface area (Å²) in [5.41, 5.74) is 0.460. The van der Waals surface area contributed by atoms with E-state index in [-0.39, 0.29) is 24.4 Å². The van der Waals surface area contributed by atoms with Crippen LogP contribution in [0, 0.1) is 6.92 Å². The molecule has 9 heteroatoms. The number of morpholine rings is 1. The first kappa shape index (κ1) is 21.8. The van der Waals surface area contributed by atoms with Gasteiger partial charge in [-0.2, -0.15) is 5.10 Å². The summed E-state index contributed by atoms with van der Waals surface area (Å²) in [7, 11) is 0. The van der Waals surface area contributed by atoms with Gasteiger partial charge in [0.25, 0.3) is 5.91 Å². The average Bonchev–Trinajstić information content (AvgIpc) is 3.39. The number of halogens is 1. The third-order valence-electron chi connectivity index (χ3n) is 5.52. The maximum Gasteiger partial charge on any atom is 0.271 e. The van der Waals surface area contributed by atoms with Crippen molar-refractivity contribution in [3.63, 3.8) is 0 Å². The van der Waals surface area contributed by atoms with Gasteiger partial charge in [-0.15, -0.1) is 12.4 Å². The number of rotatable bonds is 6. The number of piperidine rings is 1. The summed E-state index contributed by atoms with van der Waals surface area (Å²) < 4.78 is 13.2. The van der Waals surface area contributed by atoms with Crippen molar-refractivity contribution < 1.29 is 13.9 Å². The number of furan rings is 1. The highest BCUT2D eigenvalue weighted by Gasteiger charge is 2.26. The fourth-order valence-corrected chi connectivity index (χ4v) is 3.93. The minimum atomic E-state index is -0.149. The molecule has 2 aliphatic rings. The lowest BCUT2D eigenvalue weighted by Crippen LogP contribution is -2.43. The predicted octanol–water partition coefficient (Wildman–Crippen LogP) is 1.93. The molecule has 4 heterocycles. The van der Waals surface area contributed by atoms with Crippen LogP contribution in [0.15, 0.2) is 28.8 Å². The Morgan fingerprint density at radius 3 is 2.86 bits per heavy atom. The van der Waals surface area contributed by atoms with Crippen LogP contribution in [-0.2, 0) is 4.74 Å². The van der Waals surface area contributed by atoms with Crippen LogP contribution in [0.1, 0.15) is 46.9 Å². The van der Waals surface area contributed by atoms with Gasteiger partial charge in [-0.3, -0.25) is 14.4 Å². The second-order valence-corrected chi connectivity index (χ2v) is 7.50. The van der Waals surface area contributed by atoms with Crippen LogP contribution in [-0.4, -0.2) is 66.5 Å². The Bertz CT molecular complexity index is 781. The van der Waals surface area contributed by atoms with Gasteiger partial charge >= 0.3 is 0 Å². The van der Waals surface area contributed by atoms with E-state index in [1.165, 1.54) is 0 Å². The zero-order valence-electron chi connectivity index (χ0n) is 16.8. The number of ether oxygens (including phenoxy) is 1. The van der Waals surface area contributed by atoms with Gasteiger partial charge in [-0.05, 0) is 44.5 Å². The average molecular weight is 424 g/mol. The molecule has 160 valence electrons. The Morgan fingerprint density at radius 1 is 1.34 bits per heavy atom. The molecule has 2 aromatic heterocycles. The summed E-state index contributed by atoms with van der Waals surface area (Å²) in [6.07, 6.45) is 4.13. The van der Waals surface area contributed by atoms with E-state index in [1.807, 2.05) is 29.9 Å². The Labute approximate surface area is 177 Å². The largest absolute Gasteiger partial charge is 0.465 e. The topological polar surface area (TPSA) is 84.6 Å². The lowest BCUT2D eigenvalue weighted by molar-refractivity contribution is 0.0116. The Morgan fingerprint density at radius 2 is 2.17 bits per heavy atom. The first-order valence-corrected chi connectivity index (χ1v) is 10.1. The fourth-order valence-electron chi connectivity index (χ4n) is 3.93. The van der Waals surface area contributed by atoms with E-state index in [0.717, 1.165) is 50.5 Å². The lowest BCUT2D eigenvalue weighted by Gasteiger charge is -2.33. The number of nitrogens with one attached hydrogen (secondary N) is 2. The van der Waals surface area contributed by atoms with E-state index < -0.39 is 0 Å². The van der Waals surface area contributed by atoms with Crippen molar-refractivity contribution >= 4 is 18.3 Å². The lowest BCUT2D eigenvalue weighted by atomic mass is 10.1. The summed E-state index contributed by atoms with van der Waals surface area (Å²) in [5, 5.41) is 10.9. The van der Waals surface area contributed by atoms with Crippen LogP contribution in [0.5, 0.6) is 0 Å². The minimum absolute atomic E-state index is 0. The van der Waals surface area contributed by atoms with Crippen molar-refractivity contribution in [1.29, 1.82) is 0 Å². The van der Waals surface area contributed by atoms with Crippen LogP contribution in [0.3, 0.4) is 0 Å². The molecule has 2 saturated heterocycles. The first-order valence-electron chi connectivity index (χ1n) is 10.1. The van der Waals surface area contributed by atoms with Gasteiger partial charge in [0.15, 0.2) is 0 Å². The molecular weight excluding hydrogens is 394 g/mol. The smallest absolute Gasteiger partial charge is 0.271 e. The van der Waals surface area contributed by atoms with E-state index in [4.69, 9.17) is 9.15 Å². The van der Waals surface area contributed by atoms with Crippen LogP contribution >= 0.6 is 12.4 Å². The number of carbonyl (C=O) groups is 1. The summed E-state index contributed by atoms with van der Waals surface area (Å²) in [4.78, 5) is 15.0.